The van der Waals surface area contributed by atoms with Gasteiger partial charge in [0, 0.05) is 0 Å². The zero-order chi connectivity index (χ0) is 11.6. The number of halogens is 3. The number of hydrogen-bond acceptors (Lipinski definition) is 3. The van der Waals surface area contributed by atoms with E-state index in [2.05, 4.69) is 0 Å². The first kappa shape index (κ1) is 18.2. The fraction of sp³-hybridized carbons (Fsp3) is 0.400. The van der Waals surface area contributed by atoms with Crippen LogP contribution in [0.2, 0.25) is 0 Å². The first-order chi connectivity index (χ1) is 6.80. The maximum absolute atomic E-state index is 12.4. The van der Waals surface area contributed by atoms with Crippen molar-refractivity contribution in [1.29, 1.82) is 0 Å². The maximum atomic E-state index is 12.4. The molecule has 3 nitrogen and oxygen atoms in total. The molecule has 0 aliphatic carbocycles. The number of rotatable bonds is 2. The van der Waals surface area contributed by atoms with Gasteiger partial charge < -0.3 is 11.0 Å². The molecule has 1 aromatic rings. The van der Waals surface area contributed by atoms with Crippen LogP contribution in [-0.2, 0) is 6.18 Å². The van der Waals surface area contributed by atoms with Gasteiger partial charge in [0.15, 0.2) is 0 Å². The van der Waals surface area contributed by atoms with Crippen LogP contribution in [-0.4, -0.2) is 24.9 Å². The molecular weight excluding hydrogens is 236 g/mol. The summed E-state index contributed by atoms with van der Waals surface area (Å²) < 4.78 is 42.4. The van der Waals surface area contributed by atoms with E-state index in [1.165, 1.54) is 12.1 Å². The van der Waals surface area contributed by atoms with Crippen molar-refractivity contribution in [2.75, 3.05) is 0 Å². The topological polar surface area (TPSA) is 69.2 Å². The van der Waals surface area contributed by atoms with Crippen LogP contribution >= 0.6 is 0 Å². The van der Waals surface area contributed by atoms with Gasteiger partial charge in [-0.2, -0.15) is 0 Å². The zero-order valence-corrected chi connectivity index (χ0v) is 9.32. The first-order valence-corrected chi connectivity index (χ1v) is 4.44. The molecule has 0 amide bonds. The standard InChI is InChI=1S/C10H10BF3O.2H2O/c1-6(2)15-7-3-4-9(11)8(5-7)10(12,13)14;;/h3-6H,1-2H3;2*1H2/q+2;;/p-2. The van der Waals surface area contributed by atoms with Crippen LogP contribution in [0.15, 0.2) is 18.2 Å². The minimum absolute atomic E-state index is 0. The Bertz CT molecular complexity index is 353. The molecule has 0 heterocycles. The summed E-state index contributed by atoms with van der Waals surface area (Å²) in [6.07, 6.45) is -4.62. The van der Waals surface area contributed by atoms with Crippen LogP contribution in [0.5, 0.6) is 5.75 Å². The van der Waals surface area contributed by atoms with Gasteiger partial charge in [0.25, 0.3) is 0 Å². The predicted molar refractivity (Wildman–Crippen MR) is 56.5 cm³/mol. The fourth-order valence-corrected chi connectivity index (χ4v) is 1.13. The summed E-state index contributed by atoms with van der Waals surface area (Å²) in [5.41, 5.74) is -1.15. The molecule has 0 aliphatic heterocycles. The summed E-state index contributed by atoms with van der Waals surface area (Å²) in [5, 5.41) is 0. The molecule has 1 aromatic carbocycles. The summed E-state index contributed by atoms with van der Waals surface area (Å²) in [4.78, 5) is 0. The smallest absolute Gasteiger partial charge is 0.870 e. The quantitative estimate of drug-likeness (QED) is 0.750. The molecule has 0 radical (unpaired) electrons. The molecule has 0 bridgehead atoms. The minimum atomic E-state index is -4.44. The number of alkyl halides is 3. The molecule has 17 heavy (non-hydrogen) atoms. The molecule has 0 spiro atoms. The second-order valence-corrected chi connectivity index (χ2v) is 3.41. The Morgan fingerprint density at radius 2 is 1.71 bits per heavy atom. The Labute approximate surface area is 98.6 Å². The molecule has 0 aromatic heterocycles. The molecule has 7 heteroatoms. The number of hydrogen-bond donors (Lipinski definition) is 0. The molecule has 2 N–H and O–H groups in total. The van der Waals surface area contributed by atoms with Crippen molar-refractivity contribution in [3.63, 3.8) is 0 Å². The number of benzene rings is 1. The van der Waals surface area contributed by atoms with E-state index in [1.807, 2.05) is 0 Å². The summed E-state index contributed by atoms with van der Waals surface area (Å²) in [6, 6.07) is 3.53. The molecular formula is C10H12BF3O3. The van der Waals surface area contributed by atoms with Crippen LogP contribution in [0, 0.1) is 0 Å². The van der Waals surface area contributed by atoms with Crippen molar-refractivity contribution in [2.45, 2.75) is 26.1 Å². The monoisotopic (exact) mass is 248 g/mol. The molecule has 0 fully saturated rings. The van der Waals surface area contributed by atoms with Gasteiger partial charge in [-0.15, -0.1) is 0 Å². The third-order valence-corrected chi connectivity index (χ3v) is 1.70. The third kappa shape index (κ3) is 5.10. The molecule has 0 unspecified atom stereocenters. The van der Waals surface area contributed by atoms with E-state index in [4.69, 9.17) is 12.6 Å². The summed E-state index contributed by atoms with van der Waals surface area (Å²) >= 11 is 0. The average molecular weight is 248 g/mol. The Morgan fingerprint density at radius 1 is 1.18 bits per heavy atom. The van der Waals surface area contributed by atoms with Gasteiger partial charge in [-0.05, 0) is 0 Å². The van der Waals surface area contributed by atoms with Crippen LogP contribution in [0.4, 0.5) is 13.2 Å². The second kappa shape index (κ2) is 6.51. The van der Waals surface area contributed by atoms with Crippen LogP contribution in [0.25, 0.3) is 0 Å². The number of ether oxygens (including phenoxy) is 1. The largest absolute Gasteiger partial charge is 0.870 e. The van der Waals surface area contributed by atoms with Crippen molar-refractivity contribution in [3.8, 4) is 5.75 Å². The van der Waals surface area contributed by atoms with Crippen molar-refractivity contribution in [2.24, 2.45) is 0 Å². The van der Waals surface area contributed by atoms with E-state index in [-0.39, 0.29) is 28.3 Å². The van der Waals surface area contributed by atoms with Crippen molar-refractivity contribution >= 4 is 13.3 Å². The SMILES string of the molecule is [B+2]c1ccc(OC(C)C)cc1C(F)(F)F.[OH-].[OH-]. The average Bonchev–Trinajstić information content (AvgIpc) is 2.05. The molecule has 0 atom stereocenters. The van der Waals surface area contributed by atoms with Gasteiger partial charge in [-0.3, -0.25) is 0 Å². The van der Waals surface area contributed by atoms with E-state index >= 15 is 0 Å². The zero-order valence-electron chi connectivity index (χ0n) is 9.32. The van der Waals surface area contributed by atoms with Crippen LogP contribution < -0.4 is 10.2 Å². The molecule has 1 rings (SSSR count). The predicted octanol–water partition coefficient (Wildman–Crippen LogP) is 1.93. The third-order valence-electron chi connectivity index (χ3n) is 1.70. The van der Waals surface area contributed by atoms with E-state index in [0.29, 0.717) is 0 Å². The van der Waals surface area contributed by atoms with Crippen molar-refractivity contribution in [3.05, 3.63) is 23.8 Å². The molecule has 0 aliphatic rings. The van der Waals surface area contributed by atoms with E-state index < -0.39 is 11.7 Å². The van der Waals surface area contributed by atoms with E-state index in [9.17, 15) is 13.2 Å². The van der Waals surface area contributed by atoms with Gasteiger partial charge in [-0.1, -0.05) is 0 Å². The molecule has 94 valence electrons. The van der Waals surface area contributed by atoms with Crippen LogP contribution in [0.1, 0.15) is 19.4 Å². The van der Waals surface area contributed by atoms with Crippen molar-refractivity contribution < 1.29 is 28.9 Å². The maximum Gasteiger partial charge on any atom is -0.870 e. The van der Waals surface area contributed by atoms with Crippen LogP contribution in [0.3, 0.4) is 0 Å². The Morgan fingerprint density at radius 3 is 2.12 bits per heavy atom. The normalized spacial score (nSPS) is 10.6. The Hall–Kier alpha value is -1.21. The Balaban J connectivity index is 0. The second-order valence-electron chi connectivity index (χ2n) is 3.41. The van der Waals surface area contributed by atoms with E-state index in [1.54, 1.807) is 13.8 Å². The van der Waals surface area contributed by atoms with Gasteiger partial charge in [0.1, 0.15) is 0 Å². The first-order valence-electron chi connectivity index (χ1n) is 4.44. The minimum Gasteiger partial charge on any atom is -0.870 e. The molecule has 0 saturated heterocycles. The van der Waals surface area contributed by atoms with Crippen molar-refractivity contribution in [1.82, 2.24) is 0 Å². The fourth-order valence-electron chi connectivity index (χ4n) is 1.13. The van der Waals surface area contributed by atoms with E-state index in [0.717, 1.165) is 6.07 Å². The van der Waals surface area contributed by atoms with Gasteiger partial charge in [0.2, 0.25) is 0 Å². The molecule has 0 saturated carbocycles. The van der Waals surface area contributed by atoms with Gasteiger partial charge in [0.05, 0.1) is 0 Å². The van der Waals surface area contributed by atoms with Gasteiger partial charge >= 0.3 is 86.9 Å². The summed E-state index contributed by atoms with van der Waals surface area (Å²) in [5.74, 6) is 0.173. The summed E-state index contributed by atoms with van der Waals surface area (Å²) in [6.45, 7) is 3.48. The Kier molecular flexibility index (Phi) is 6.96. The summed E-state index contributed by atoms with van der Waals surface area (Å²) in [7, 11) is 5.23. The van der Waals surface area contributed by atoms with Gasteiger partial charge in [-0.25, -0.2) is 0 Å².